The van der Waals surface area contributed by atoms with Crippen LogP contribution in [0.1, 0.15) is 17.2 Å². The van der Waals surface area contributed by atoms with Gasteiger partial charge in [0.1, 0.15) is 5.75 Å². The van der Waals surface area contributed by atoms with E-state index < -0.39 is 0 Å². The second-order valence-corrected chi connectivity index (χ2v) is 5.88. The van der Waals surface area contributed by atoms with Crippen LogP contribution in [0.4, 0.5) is 0 Å². The lowest BCUT2D eigenvalue weighted by atomic mass is 10.0. The molecular formula is C15H19ClN2OS. The molecular weight excluding hydrogens is 292 g/mol. The third-order valence-electron chi connectivity index (χ3n) is 3.33. The van der Waals surface area contributed by atoms with Crippen LogP contribution >= 0.6 is 22.9 Å². The Morgan fingerprint density at radius 2 is 2.20 bits per heavy atom. The molecule has 0 spiro atoms. The standard InChI is InChI=1S/C15H19ClN2OS/c1-18(9-11-5-6-20-10-11)14(8-17)12-3-4-15(19-2)13(16)7-12/h3-7,10,14H,8-9,17H2,1-2H3. The van der Waals surface area contributed by atoms with Crippen LogP contribution in [0, 0.1) is 0 Å². The molecule has 1 heterocycles. The molecule has 0 aliphatic carbocycles. The Bertz CT molecular complexity index is 545. The number of likely N-dealkylation sites (N-methyl/N-ethyl adjacent to an activating group) is 1. The zero-order chi connectivity index (χ0) is 14.5. The maximum Gasteiger partial charge on any atom is 0.137 e. The Kier molecular flexibility index (Phi) is 5.43. The zero-order valence-electron chi connectivity index (χ0n) is 11.7. The molecule has 0 fully saturated rings. The summed E-state index contributed by atoms with van der Waals surface area (Å²) in [7, 11) is 3.69. The number of nitrogens with zero attached hydrogens (tertiary/aromatic N) is 1. The molecule has 0 aliphatic rings. The lowest BCUT2D eigenvalue weighted by Crippen LogP contribution is -2.30. The molecule has 0 saturated heterocycles. The third-order valence-corrected chi connectivity index (χ3v) is 4.36. The van der Waals surface area contributed by atoms with E-state index in [0.29, 0.717) is 17.3 Å². The van der Waals surface area contributed by atoms with Crippen LogP contribution in [0.2, 0.25) is 5.02 Å². The normalized spacial score (nSPS) is 12.7. The van der Waals surface area contributed by atoms with Gasteiger partial charge in [-0.15, -0.1) is 0 Å². The average Bonchev–Trinajstić information content (AvgIpc) is 2.92. The highest BCUT2D eigenvalue weighted by Gasteiger charge is 2.17. The zero-order valence-corrected chi connectivity index (χ0v) is 13.2. The monoisotopic (exact) mass is 310 g/mol. The van der Waals surface area contributed by atoms with Crippen LogP contribution in [0.25, 0.3) is 0 Å². The van der Waals surface area contributed by atoms with E-state index in [1.54, 1.807) is 18.4 Å². The molecule has 1 aromatic carbocycles. The van der Waals surface area contributed by atoms with Crippen molar-refractivity contribution in [2.45, 2.75) is 12.6 Å². The maximum absolute atomic E-state index is 6.20. The molecule has 108 valence electrons. The molecule has 1 aromatic heterocycles. The van der Waals surface area contributed by atoms with E-state index in [2.05, 4.69) is 28.8 Å². The summed E-state index contributed by atoms with van der Waals surface area (Å²) < 4.78 is 5.18. The number of hydrogen-bond donors (Lipinski definition) is 1. The highest BCUT2D eigenvalue weighted by atomic mass is 35.5. The van der Waals surface area contributed by atoms with Crippen molar-refractivity contribution in [3.8, 4) is 5.75 Å². The molecule has 0 amide bonds. The van der Waals surface area contributed by atoms with Crippen LogP contribution in [0.15, 0.2) is 35.0 Å². The first-order valence-corrected chi connectivity index (χ1v) is 7.72. The van der Waals surface area contributed by atoms with E-state index in [0.717, 1.165) is 12.1 Å². The van der Waals surface area contributed by atoms with Gasteiger partial charge in [-0.1, -0.05) is 17.7 Å². The first-order chi connectivity index (χ1) is 9.65. The van der Waals surface area contributed by atoms with Crippen LogP contribution in [-0.4, -0.2) is 25.6 Å². The van der Waals surface area contributed by atoms with Crippen molar-refractivity contribution in [3.63, 3.8) is 0 Å². The van der Waals surface area contributed by atoms with Crippen molar-refractivity contribution in [1.82, 2.24) is 4.90 Å². The van der Waals surface area contributed by atoms with Gasteiger partial charge < -0.3 is 10.5 Å². The summed E-state index contributed by atoms with van der Waals surface area (Å²) in [5.74, 6) is 0.687. The number of nitrogens with two attached hydrogens (primary N) is 1. The van der Waals surface area contributed by atoms with E-state index in [1.807, 2.05) is 18.2 Å². The third kappa shape index (κ3) is 3.52. The number of methoxy groups -OCH3 is 1. The summed E-state index contributed by atoms with van der Waals surface area (Å²) in [5, 5.41) is 4.86. The molecule has 1 unspecified atom stereocenters. The summed E-state index contributed by atoms with van der Waals surface area (Å²) >= 11 is 7.90. The van der Waals surface area contributed by atoms with Gasteiger partial charge in [-0.2, -0.15) is 11.3 Å². The van der Waals surface area contributed by atoms with Gasteiger partial charge in [0.25, 0.3) is 0 Å². The topological polar surface area (TPSA) is 38.5 Å². The van der Waals surface area contributed by atoms with Gasteiger partial charge in [0.05, 0.1) is 12.1 Å². The quantitative estimate of drug-likeness (QED) is 0.887. The van der Waals surface area contributed by atoms with Crippen LogP contribution in [0.3, 0.4) is 0 Å². The van der Waals surface area contributed by atoms with E-state index in [-0.39, 0.29) is 6.04 Å². The van der Waals surface area contributed by atoms with E-state index in [1.165, 1.54) is 5.56 Å². The number of thiophene rings is 1. The van der Waals surface area contributed by atoms with Crippen LogP contribution in [0.5, 0.6) is 5.75 Å². The lowest BCUT2D eigenvalue weighted by molar-refractivity contribution is 0.242. The van der Waals surface area contributed by atoms with Crippen molar-refractivity contribution in [3.05, 3.63) is 51.2 Å². The largest absolute Gasteiger partial charge is 0.495 e. The van der Waals surface area contributed by atoms with Gasteiger partial charge >= 0.3 is 0 Å². The number of halogens is 1. The fourth-order valence-corrected chi connectivity index (χ4v) is 3.17. The first kappa shape index (κ1) is 15.3. The minimum atomic E-state index is 0.137. The Hall–Kier alpha value is -1.07. The summed E-state index contributed by atoms with van der Waals surface area (Å²) in [6.07, 6.45) is 0. The Balaban J connectivity index is 2.16. The van der Waals surface area contributed by atoms with Gasteiger partial charge in [0.2, 0.25) is 0 Å². The molecule has 0 saturated carbocycles. The number of benzene rings is 1. The molecule has 1 atom stereocenters. The minimum Gasteiger partial charge on any atom is -0.495 e. The second-order valence-electron chi connectivity index (χ2n) is 4.69. The predicted molar refractivity (Wildman–Crippen MR) is 85.6 cm³/mol. The molecule has 2 rings (SSSR count). The molecule has 0 aliphatic heterocycles. The van der Waals surface area contributed by atoms with Crippen molar-refractivity contribution < 1.29 is 4.74 Å². The minimum absolute atomic E-state index is 0.137. The van der Waals surface area contributed by atoms with Gasteiger partial charge in [-0.25, -0.2) is 0 Å². The lowest BCUT2D eigenvalue weighted by Gasteiger charge is -2.27. The van der Waals surface area contributed by atoms with Crippen LogP contribution in [-0.2, 0) is 6.54 Å². The second kappa shape index (κ2) is 7.09. The molecule has 20 heavy (non-hydrogen) atoms. The van der Waals surface area contributed by atoms with Gasteiger partial charge in [-0.3, -0.25) is 4.90 Å². The highest BCUT2D eigenvalue weighted by molar-refractivity contribution is 7.07. The molecule has 0 bridgehead atoms. The van der Waals surface area contributed by atoms with Crippen molar-refractivity contribution in [2.24, 2.45) is 5.73 Å². The molecule has 0 radical (unpaired) electrons. The van der Waals surface area contributed by atoms with Crippen molar-refractivity contribution >= 4 is 22.9 Å². The number of ether oxygens (including phenoxy) is 1. The highest BCUT2D eigenvalue weighted by Crippen LogP contribution is 2.29. The summed E-state index contributed by atoms with van der Waals surface area (Å²) in [6, 6.07) is 8.11. The molecule has 5 heteroatoms. The van der Waals surface area contributed by atoms with Crippen molar-refractivity contribution in [1.29, 1.82) is 0 Å². The Labute approximate surface area is 128 Å². The van der Waals surface area contributed by atoms with Crippen molar-refractivity contribution in [2.75, 3.05) is 20.7 Å². The molecule has 2 N–H and O–H groups in total. The summed E-state index contributed by atoms with van der Waals surface area (Å²) in [5.41, 5.74) is 8.35. The fraction of sp³-hybridized carbons (Fsp3) is 0.333. The number of hydrogen-bond acceptors (Lipinski definition) is 4. The van der Waals surface area contributed by atoms with E-state index in [4.69, 9.17) is 22.1 Å². The SMILES string of the molecule is COc1ccc(C(CN)N(C)Cc2ccsc2)cc1Cl. The fourth-order valence-electron chi connectivity index (χ4n) is 2.24. The number of rotatable bonds is 6. The van der Waals surface area contributed by atoms with Gasteiger partial charge in [0, 0.05) is 19.1 Å². The van der Waals surface area contributed by atoms with E-state index >= 15 is 0 Å². The maximum atomic E-state index is 6.20. The van der Waals surface area contributed by atoms with E-state index in [9.17, 15) is 0 Å². The van der Waals surface area contributed by atoms with Gasteiger partial charge in [-0.05, 0) is 47.1 Å². The summed E-state index contributed by atoms with van der Waals surface area (Å²) in [6.45, 7) is 1.41. The average molecular weight is 311 g/mol. The summed E-state index contributed by atoms with van der Waals surface area (Å²) in [4.78, 5) is 2.24. The molecule has 3 nitrogen and oxygen atoms in total. The molecule has 2 aromatic rings. The Morgan fingerprint density at radius 3 is 2.75 bits per heavy atom. The Morgan fingerprint density at radius 1 is 1.40 bits per heavy atom. The van der Waals surface area contributed by atoms with Crippen LogP contribution < -0.4 is 10.5 Å². The first-order valence-electron chi connectivity index (χ1n) is 6.40. The smallest absolute Gasteiger partial charge is 0.137 e. The predicted octanol–water partition coefficient (Wildman–Crippen LogP) is 3.54. The van der Waals surface area contributed by atoms with Gasteiger partial charge in [0.15, 0.2) is 0 Å².